The van der Waals surface area contributed by atoms with Crippen molar-refractivity contribution < 1.29 is 5.11 Å². The van der Waals surface area contributed by atoms with Gasteiger partial charge >= 0.3 is 0 Å². The van der Waals surface area contributed by atoms with E-state index in [0.717, 1.165) is 12.5 Å². The molecule has 12 heavy (non-hydrogen) atoms. The maximum atomic E-state index is 9.19. The lowest BCUT2D eigenvalue weighted by Crippen LogP contribution is -2.37. The van der Waals surface area contributed by atoms with Crippen LogP contribution in [0.1, 0.15) is 33.1 Å². The molecule has 0 radical (unpaired) electrons. The summed E-state index contributed by atoms with van der Waals surface area (Å²) in [6.45, 7) is 7.37. The third-order valence-corrected chi connectivity index (χ3v) is 2.81. The molecule has 1 N–H and O–H groups in total. The molecule has 0 aliphatic carbocycles. The zero-order valence-electron chi connectivity index (χ0n) is 8.29. The monoisotopic (exact) mass is 171 g/mol. The van der Waals surface area contributed by atoms with Gasteiger partial charge in [0, 0.05) is 6.54 Å². The van der Waals surface area contributed by atoms with Gasteiger partial charge in [0.2, 0.25) is 0 Å². The summed E-state index contributed by atoms with van der Waals surface area (Å²) in [5.74, 6) is 0.940. The van der Waals surface area contributed by atoms with Crippen LogP contribution in [-0.4, -0.2) is 35.7 Å². The Morgan fingerprint density at radius 1 is 1.42 bits per heavy atom. The van der Waals surface area contributed by atoms with Gasteiger partial charge in [-0.2, -0.15) is 0 Å². The van der Waals surface area contributed by atoms with E-state index >= 15 is 0 Å². The fraction of sp³-hybridized carbons (Fsp3) is 1.00. The summed E-state index contributed by atoms with van der Waals surface area (Å²) >= 11 is 0. The average molecular weight is 171 g/mol. The molecule has 2 nitrogen and oxygen atoms in total. The van der Waals surface area contributed by atoms with Crippen molar-refractivity contribution >= 4 is 0 Å². The summed E-state index contributed by atoms with van der Waals surface area (Å²) in [5, 5.41) is 9.19. The zero-order valence-corrected chi connectivity index (χ0v) is 8.29. The van der Waals surface area contributed by atoms with Crippen molar-refractivity contribution in [3.63, 3.8) is 0 Å². The maximum Gasteiger partial charge on any atom is 0.0639 e. The molecule has 0 spiro atoms. The van der Waals surface area contributed by atoms with Gasteiger partial charge in [0.15, 0.2) is 0 Å². The number of β-amino-alcohol motifs (C(OH)–C–C–N with tert-alkyl or cyclic N) is 1. The molecule has 0 saturated carbocycles. The van der Waals surface area contributed by atoms with E-state index in [1.165, 1.54) is 32.4 Å². The molecular weight excluding hydrogens is 150 g/mol. The van der Waals surface area contributed by atoms with Gasteiger partial charge in [-0.15, -0.1) is 0 Å². The van der Waals surface area contributed by atoms with Gasteiger partial charge in [0.1, 0.15) is 0 Å². The molecule has 1 heterocycles. The summed E-state index contributed by atoms with van der Waals surface area (Å²) in [6.07, 6.45) is 3.80. The summed E-state index contributed by atoms with van der Waals surface area (Å²) in [4.78, 5) is 2.37. The molecule has 1 aliphatic heterocycles. The Morgan fingerprint density at radius 2 is 2.00 bits per heavy atom. The molecule has 0 aromatic rings. The highest BCUT2D eigenvalue weighted by Gasteiger charge is 2.17. The van der Waals surface area contributed by atoms with Gasteiger partial charge in [-0.25, -0.2) is 0 Å². The van der Waals surface area contributed by atoms with Crippen LogP contribution in [0.5, 0.6) is 0 Å². The lowest BCUT2D eigenvalue weighted by atomic mass is 9.94. The molecule has 0 aromatic heterocycles. The van der Waals surface area contributed by atoms with Crippen molar-refractivity contribution in [2.75, 3.05) is 19.6 Å². The number of hydrogen-bond donors (Lipinski definition) is 1. The van der Waals surface area contributed by atoms with E-state index in [2.05, 4.69) is 11.8 Å². The van der Waals surface area contributed by atoms with Gasteiger partial charge in [0.05, 0.1) is 6.10 Å². The van der Waals surface area contributed by atoms with Crippen LogP contribution in [0.4, 0.5) is 0 Å². The first-order valence-corrected chi connectivity index (χ1v) is 5.12. The first-order chi connectivity index (χ1) is 5.72. The summed E-state index contributed by atoms with van der Waals surface area (Å²) in [5.41, 5.74) is 0. The van der Waals surface area contributed by atoms with Crippen molar-refractivity contribution in [2.45, 2.75) is 39.2 Å². The second-order valence-electron chi connectivity index (χ2n) is 4.00. The van der Waals surface area contributed by atoms with Crippen LogP contribution >= 0.6 is 0 Å². The van der Waals surface area contributed by atoms with Crippen LogP contribution in [-0.2, 0) is 0 Å². The number of nitrogens with zero attached hydrogens (tertiary/aromatic N) is 1. The van der Waals surface area contributed by atoms with Crippen LogP contribution in [0.25, 0.3) is 0 Å². The standard InChI is InChI=1S/C10H21NO/c1-3-10-4-6-11(7-5-10)8-9(2)12/h9-10,12H,3-8H2,1-2H3/t9-/m1/s1. The predicted octanol–water partition coefficient (Wildman–Crippen LogP) is 1.49. The van der Waals surface area contributed by atoms with Crippen LogP contribution in [0, 0.1) is 5.92 Å². The van der Waals surface area contributed by atoms with Gasteiger partial charge in [0.25, 0.3) is 0 Å². The van der Waals surface area contributed by atoms with E-state index in [9.17, 15) is 5.11 Å². The normalized spacial score (nSPS) is 24.2. The molecular formula is C10H21NO. The molecule has 1 aliphatic rings. The summed E-state index contributed by atoms with van der Waals surface area (Å²) in [7, 11) is 0. The van der Waals surface area contributed by atoms with E-state index in [4.69, 9.17) is 0 Å². The molecule has 0 unspecified atom stereocenters. The topological polar surface area (TPSA) is 23.5 Å². The average Bonchev–Trinajstić information content (AvgIpc) is 2.05. The molecule has 1 saturated heterocycles. The van der Waals surface area contributed by atoms with Crippen molar-refractivity contribution in [2.24, 2.45) is 5.92 Å². The van der Waals surface area contributed by atoms with Gasteiger partial charge < -0.3 is 10.0 Å². The van der Waals surface area contributed by atoms with Gasteiger partial charge in [-0.3, -0.25) is 0 Å². The van der Waals surface area contributed by atoms with Crippen LogP contribution in [0.15, 0.2) is 0 Å². The third-order valence-electron chi connectivity index (χ3n) is 2.81. The number of likely N-dealkylation sites (tertiary alicyclic amines) is 1. The van der Waals surface area contributed by atoms with Crippen molar-refractivity contribution in [1.82, 2.24) is 4.90 Å². The Bertz CT molecular complexity index is 117. The van der Waals surface area contributed by atoms with Crippen LogP contribution < -0.4 is 0 Å². The summed E-state index contributed by atoms with van der Waals surface area (Å²) < 4.78 is 0. The largest absolute Gasteiger partial charge is 0.392 e. The highest BCUT2D eigenvalue weighted by atomic mass is 16.3. The second-order valence-corrected chi connectivity index (χ2v) is 4.00. The van der Waals surface area contributed by atoms with Crippen molar-refractivity contribution in [3.8, 4) is 0 Å². The lowest BCUT2D eigenvalue weighted by Gasteiger charge is -2.32. The Hall–Kier alpha value is -0.0800. The summed E-state index contributed by atoms with van der Waals surface area (Å²) in [6, 6.07) is 0. The number of piperidine rings is 1. The number of hydrogen-bond acceptors (Lipinski definition) is 2. The molecule has 0 aromatic carbocycles. The highest BCUT2D eigenvalue weighted by Crippen LogP contribution is 2.19. The Balaban J connectivity index is 2.17. The Labute approximate surface area is 75.6 Å². The Kier molecular flexibility index (Phi) is 4.02. The van der Waals surface area contributed by atoms with Crippen molar-refractivity contribution in [3.05, 3.63) is 0 Å². The first-order valence-electron chi connectivity index (χ1n) is 5.12. The third kappa shape index (κ3) is 3.11. The van der Waals surface area contributed by atoms with E-state index in [-0.39, 0.29) is 6.10 Å². The zero-order chi connectivity index (χ0) is 8.97. The van der Waals surface area contributed by atoms with E-state index in [1.807, 2.05) is 6.92 Å². The number of aliphatic hydroxyl groups is 1. The number of rotatable bonds is 3. The fourth-order valence-electron chi connectivity index (χ4n) is 1.95. The number of aliphatic hydroxyl groups excluding tert-OH is 1. The predicted molar refractivity (Wildman–Crippen MR) is 51.1 cm³/mol. The van der Waals surface area contributed by atoms with Crippen LogP contribution in [0.2, 0.25) is 0 Å². The smallest absolute Gasteiger partial charge is 0.0639 e. The maximum absolute atomic E-state index is 9.19. The first kappa shape index (κ1) is 10.0. The van der Waals surface area contributed by atoms with E-state index in [0.29, 0.717) is 0 Å². The lowest BCUT2D eigenvalue weighted by molar-refractivity contribution is 0.0994. The quantitative estimate of drug-likeness (QED) is 0.695. The minimum atomic E-state index is -0.164. The van der Waals surface area contributed by atoms with E-state index in [1.54, 1.807) is 0 Å². The molecule has 72 valence electrons. The minimum Gasteiger partial charge on any atom is -0.392 e. The fourth-order valence-corrected chi connectivity index (χ4v) is 1.95. The molecule has 1 rings (SSSR count). The van der Waals surface area contributed by atoms with Crippen LogP contribution in [0.3, 0.4) is 0 Å². The van der Waals surface area contributed by atoms with Gasteiger partial charge in [-0.1, -0.05) is 13.3 Å². The minimum absolute atomic E-state index is 0.164. The highest BCUT2D eigenvalue weighted by molar-refractivity contribution is 4.72. The molecule has 1 fully saturated rings. The Morgan fingerprint density at radius 3 is 2.42 bits per heavy atom. The molecule has 2 heteroatoms. The van der Waals surface area contributed by atoms with E-state index < -0.39 is 0 Å². The van der Waals surface area contributed by atoms with Crippen molar-refractivity contribution in [1.29, 1.82) is 0 Å². The molecule has 0 amide bonds. The molecule has 1 atom stereocenters. The van der Waals surface area contributed by atoms with Gasteiger partial charge in [-0.05, 0) is 38.8 Å². The second kappa shape index (κ2) is 4.83. The SMILES string of the molecule is CCC1CCN(C[C@@H](C)O)CC1. The molecule has 0 bridgehead atoms.